The Kier molecular flexibility index (Phi) is 5.43. The van der Waals surface area contributed by atoms with Crippen LogP contribution in [0.2, 0.25) is 0 Å². The van der Waals surface area contributed by atoms with Crippen LogP contribution < -0.4 is 5.32 Å². The fourth-order valence-corrected chi connectivity index (χ4v) is 2.53. The quantitative estimate of drug-likeness (QED) is 0.473. The second-order valence-electron chi connectivity index (χ2n) is 5.51. The molecule has 0 fully saturated rings. The van der Waals surface area contributed by atoms with Crippen LogP contribution in [-0.2, 0) is 0 Å². The number of nitrogens with zero attached hydrogens (tertiary/aromatic N) is 1. The summed E-state index contributed by atoms with van der Waals surface area (Å²) in [5.41, 5.74) is 4.92. The number of nitrogens with one attached hydrogen (secondary N) is 1. The van der Waals surface area contributed by atoms with Crippen LogP contribution in [0, 0.1) is 11.3 Å². The average Bonchev–Trinajstić information content (AvgIpc) is 2.68. The molecule has 2 nitrogen and oxygen atoms in total. The molecule has 0 atom stereocenters. The van der Waals surface area contributed by atoms with E-state index in [1.807, 2.05) is 66.7 Å². The maximum atomic E-state index is 9.12. The van der Waals surface area contributed by atoms with Gasteiger partial charge < -0.3 is 5.32 Å². The lowest BCUT2D eigenvalue weighted by Gasteiger charge is -2.13. The summed E-state index contributed by atoms with van der Waals surface area (Å²) in [6.45, 7) is 0. The number of hydrogen-bond donors (Lipinski definition) is 1. The van der Waals surface area contributed by atoms with Crippen LogP contribution in [0.3, 0.4) is 0 Å². The molecule has 0 aliphatic rings. The number of hydrogen-bond acceptors (Lipinski definition) is 2. The van der Waals surface area contributed by atoms with Gasteiger partial charge in [0.15, 0.2) is 0 Å². The van der Waals surface area contributed by atoms with E-state index in [0.717, 1.165) is 28.1 Å². The molecule has 0 aliphatic heterocycles. The first kappa shape index (κ1) is 16.3. The largest absolute Gasteiger partial charge is 0.354 e. The highest BCUT2D eigenvalue weighted by Crippen LogP contribution is 2.23. The van der Waals surface area contributed by atoms with Gasteiger partial charge in [0.05, 0.1) is 11.8 Å². The average molecular weight is 322 g/mol. The Morgan fingerprint density at radius 2 is 1.40 bits per heavy atom. The molecule has 0 saturated heterocycles. The van der Waals surface area contributed by atoms with Gasteiger partial charge in [-0.2, -0.15) is 5.26 Å². The van der Waals surface area contributed by atoms with Crippen molar-refractivity contribution < 1.29 is 0 Å². The summed E-state index contributed by atoms with van der Waals surface area (Å²) in [5, 5.41) is 12.5. The molecule has 0 saturated carbocycles. The SMILES string of the molecule is N#C/C=C(\Nc1ccccc1/C=C/c1ccccc1)c1ccccc1. The normalized spacial score (nSPS) is 11.2. The van der Waals surface area contributed by atoms with E-state index < -0.39 is 0 Å². The van der Waals surface area contributed by atoms with Crippen molar-refractivity contribution in [1.82, 2.24) is 0 Å². The number of nitriles is 1. The smallest absolute Gasteiger partial charge is 0.0934 e. The molecule has 3 rings (SSSR count). The van der Waals surface area contributed by atoms with Crippen molar-refractivity contribution in [3.05, 3.63) is 108 Å². The highest BCUT2D eigenvalue weighted by atomic mass is 14.9. The summed E-state index contributed by atoms with van der Waals surface area (Å²) in [5.74, 6) is 0. The van der Waals surface area contributed by atoms with E-state index in [-0.39, 0.29) is 0 Å². The molecular weight excluding hydrogens is 304 g/mol. The van der Waals surface area contributed by atoms with E-state index in [0.29, 0.717) is 0 Å². The minimum Gasteiger partial charge on any atom is -0.354 e. The van der Waals surface area contributed by atoms with Gasteiger partial charge in [-0.1, -0.05) is 91.0 Å². The molecule has 0 unspecified atom stereocenters. The Hall–Kier alpha value is -3.57. The van der Waals surface area contributed by atoms with Crippen LogP contribution in [0.4, 0.5) is 5.69 Å². The molecule has 0 aromatic heterocycles. The maximum absolute atomic E-state index is 9.12. The minimum atomic E-state index is 0.781. The first-order chi connectivity index (χ1) is 12.4. The molecule has 0 amide bonds. The highest BCUT2D eigenvalue weighted by molar-refractivity contribution is 5.84. The third-order valence-corrected chi connectivity index (χ3v) is 3.78. The molecule has 0 bridgehead atoms. The zero-order valence-electron chi connectivity index (χ0n) is 13.8. The molecule has 1 N–H and O–H groups in total. The van der Waals surface area contributed by atoms with Crippen molar-refractivity contribution in [2.24, 2.45) is 0 Å². The minimum absolute atomic E-state index is 0.781. The molecule has 120 valence electrons. The van der Waals surface area contributed by atoms with Crippen LogP contribution in [0.5, 0.6) is 0 Å². The van der Waals surface area contributed by atoms with Crippen molar-refractivity contribution in [1.29, 1.82) is 5.26 Å². The van der Waals surface area contributed by atoms with Gasteiger partial charge in [-0.15, -0.1) is 0 Å². The topological polar surface area (TPSA) is 35.8 Å². The maximum Gasteiger partial charge on any atom is 0.0934 e. The second-order valence-corrected chi connectivity index (χ2v) is 5.51. The van der Waals surface area contributed by atoms with Crippen LogP contribution in [0.15, 0.2) is 91.0 Å². The molecule has 0 spiro atoms. The van der Waals surface area contributed by atoms with Crippen molar-refractivity contribution in [3.8, 4) is 6.07 Å². The highest BCUT2D eigenvalue weighted by Gasteiger charge is 2.04. The lowest BCUT2D eigenvalue weighted by Crippen LogP contribution is -2.00. The Morgan fingerprint density at radius 1 is 0.760 bits per heavy atom. The molecule has 0 heterocycles. The van der Waals surface area contributed by atoms with Crippen molar-refractivity contribution >= 4 is 23.5 Å². The summed E-state index contributed by atoms with van der Waals surface area (Å²) in [6, 6.07) is 30.2. The summed E-state index contributed by atoms with van der Waals surface area (Å²) in [4.78, 5) is 0. The Bertz CT molecular complexity index is 917. The number of para-hydroxylation sites is 1. The number of benzene rings is 3. The first-order valence-corrected chi connectivity index (χ1v) is 8.11. The lowest BCUT2D eigenvalue weighted by atomic mass is 10.1. The van der Waals surface area contributed by atoms with E-state index in [1.54, 1.807) is 0 Å². The molecule has 0 radical (unpaired) electrons. The zero-order chi connectivity index (χ0) is 17.3. The van der Waals surface area contributed by atoms with Gasteiger partial charge in [0.25, 0.3) is 0 Å². The molecule has 3 aromatic carbocycles. The Balaban J connectivity index is 1.89. The van der Waals surface area contributed by atoms with E-state index in [2.05, 4.69) is 41.7 Å². The van der Waals surface area contributed by atoms with E-state index in [1.165, 1.54) is 6.08 Å². The lowest BCUT2D eigenvalue weighted by molar-refractivity contribution is 1.50. The second kappa shape index (κ2) is 8.33. The van der Waals surface area contributed by atoms with Crippen LogP contribution >= 0.6 is 0 Å². The monoisotopic (exact) mass is 322 g/mol. The third kappa shape index (κ3) is 4.46. The third-order valence-electron chi connectivity index (χ3n) is 3.78. The molecule has 0 aliphatic carbocycles. The van der Waals surface area contributed by atoms with Crippen LogP contribution in [-0.4, -0.2) is 0 Å². The van der Waals surface area contributed by atoms with Gasteiger partial charge in [0.1, 0.15) is 0 Å². The van der Waals surface area contributed by atoms with E-state index in [9.17, 15) is 0 Å². The summed E-state index contributed by atoms with van der Waals surface area (Å²) >= 11 is 0. The number of anilines is 1. The standard InChI is InChI=1S/C23H18N2/c24-18-17-23(20-11-5-2-6-12-20)25-22-14-8-7-13-21(22)16-15-19-9-3-1-4-10-19/h1-17,25H/b16-15+,23-17-. The fraction of sp³-hybridized carbons (Fsp3) is 0. The van der Waals surface area contributed by atoms with Crippen LogP contribution in [0.25, 0.3) is 17.8 Å². The van der Waals surface area contributed by atoms with E-state index in [4.69, 9.17) is 5.26 Å². The summed E-state index contributed by atoms with van der Waals surface area (Å²) in [7, 11) is 0. The predicted molar refractivity (Wildman–Crippen MR) is 105 cm³/mol. The summed E-state index contributed by atoms with van der Waals surface area (Å²) < 4.78 is 0. The van der Waals surface area contributed by atoms with Gasteiger partial charge in [-0.05, 0) is 22.8 Å². The zero-order valence-corrected chi connectivity index (χ0v) is 13.8. The molecule has 2 heteroatoms. The van der Waals surface area contributed by atoms with Crippen molar-refractivity contribution in [2.45, 2.75) is 0 Å². The Morgan fingerprint density at radius 3 is 2.12 bits per heavy atom. The molecule has 25 heavy (non-hydrogen) atoms. The van der Waals surface area contributed by atoms with Gasteiger partial charge >= 0.3 is 0 Å². The van der Waals surface area contributed by atoms with Crippen molar-refractivity contribution in [2.75, 3.05) is 5.32 Å². The fourth-order valence-electron chi connectivity index (χ4n) is 2.53. The number of rotatable bonds is 5. The predicted octanol–water partition coefficient (Wildman–Crippen LogP) is 5.83. The summed E-state index contributed by atoms with van der Waals surface area (Å²) in [6.07, 6.45) is 5.69. The molecule has 3 aromatic rings. The van der Waals surface area contributed by atoms with Gasteiger partial charge in [0.2, 0.25) is 0 Å². The van der Waals surface area contributed by atoms with E-state index >= 15 is 0 Å². The number of allylic oxidation sites excluding steroid dienone is 1. The van der Waals surface area contributed by atoms with Gasteiger partial charge in [-0.25, -0.2) is 0 Å². The first-order valence-electron chi connectivity index (χ1n) is 8.11. The van der Waals surface area contributed by atoms with Gasteiger partial charge in [-0.3, -0.25) is 0 Å². The van der Waals surface area contributed by atoms with Crippen LogP contribution in [0.1, 0.15) is 16.7 Å². The Labute approximate surface area is 148 Å². The van der Waals surface area contributed by atoms with Crippen molar-refractivity contribution in [3.63, 3.8) is 0 Å². The molecular formula is C23H18N2. The van der Waals surface area contributed by atoms with Gasteiger partial charge in [0, 0.05) is 11.8 Å².